The van der Waals surface area contributed by atoms with Gasteiger partial charge in [-0.25, -0.2) is 0 Å². The van der Waals surface area contributed by atoms with Crippen LogP contribution in [-0.2, 0) is 18.0 Å². The van der Waals surface area contributed by atoms with Crippen LogP contribution in [0, 0.1) is 0 Å². The number of hydrogen-bond donors (Lipinski definition) is 1. The summed E-state index contributed by atoms with van der Waals surface area (Å²) in [5.41, 5.74) is 5.49. The van der Waals surface area contributed by atoms with Crippen molar-refractivity contribution in [3.8, 4) is 0 Å². The molecule has 0 unspecified atom stereocenters. The Morgan fingerprint density at radius 1 is 0.947 bits per heavy atom. The molecule has 0 aliphatic carbocycles. The summed E-state index contributed by atoms with van der Waals surface area (Å²) in [5, 5.41) is 3.49. The van der Waals surface area contributed by atoms with Gasteiger partial charge in [0.15, 0.2) is 0 Å². The summed E-state index contributed by atoms with van der Waals surface area (Å²) in [6.45, 7) is 1.32. The highest BCUT2D eigenvalue weighted by atomic mass is 32.1. The molecule has 0 spiro atoms. The second-order valence-corrected chi connectivity index (χ2v) is 5.26. The minimum absolute atomic E-state index is 0.586. The quantitative estimate of drug-likeness (QED) is 0.555. The number of hydrogen-bond acceptors (Lipinski definition) is 3. The van der Waals surface area contributed by atoms with E-state index in [1.807, 2.05) is 18.2 Å². The molecular weight excluding hydrogens is 254 g/mol. The van der Waals surface area contributed by atoms with E-state index in [1.165, 1.54) is 21.2 Å². The van der Waals surface area contributed by atoms with Crippen LogP contribution in [0.15, 0.2) is 60.0 Å². The van der Waals surface area contributed by atoms with Gasteiger partial charge in [0.05, 0.1) is 6.61 Å². The van der Waals surface area contributed by atoms with E-state index in [9.17, 15) is 0 Å². The summed E-state index contributed by atoms with van der Waals surface area (Å²) in [7, 11) is 0. The van der Waals surface area contributed by atoms with Crippen molar-refractivity contribution in [1.29, 1.82) is 0 Å². The molecule has 1 N–H and O–H groups in total. The Labute approximate surface area is 116 Å². The molecule has 0 atom stereocenters. The van der Waals surface area contributed by atoms with Crippen molar-refractivity contribution in [2.75, 3.05) is 0 Å². The van der Waals surface area contributed by atoms with Crippen LogP contribution in [0.5, 0.6) is 0 Å². The zero-order chi connectivity index (χ0) is 12.9. The van der Waals surface area contributed by atoms with Crippen LogP contribution in [0.4, 0.5) is 0 Å². The lowest BCUT2D eigenvalue weighted by atomic mass is 10.2. The maximum atomic E-state index is 5.50. The van der Waals surface area contributed by atoms with E-state index in [2.05, 4.69) is 47.3 Å². The van der Waals surface area contributed by atoms with E-state index in [0.717, 1.165) is 6.54 Å². The van der Waals surface area contributed by atoms with Crippen LogP contribution >= 0.6 is 11.3 Å². The van der Waals surface area contributed by atoms with Gasteiger partial charge < -0.3 is 0 Å². The van der Waals surface area contributed by atoms with Crippen molar-refractivity contribution in [1.82, 2.24) is 5.48 Å². The van der Waals surface area contributed by atoms with E-state index in [4.69, 9.17) is 4.84 Å². The van der Waals surface area contributed by atoms with Gasteiger partial charge in [0.25, 0.3) is 0 Å². The van der Waals surface area contributed by atoms with Crippen LogP contribution in [0.2, 0.25) is 0 Å². The molecule has 1 aromatic heterocycles. The second-order valence-electron chi connectivity index (χ2n) is 4.35. The van der Waals surface area contributed by atoms with E-state index in [1.54, 1.807) is 11.3 Å². The first-order chi connectivity index (χ1) is 9.43. The van der Waals surface area contributed by atoms with Crippen molar-refractivity contribution in [2.24, 2.45) is 0 Å². The number of nitrogens with one attached hydrogen (secondary N) is 1. The third-order valence-corrected chi connectivity index (χ3v) is 4.02. The van der Waals surface area contributed by atoms with Crippen LogP contribution in [0.25, 0.3) is 10.1 Å². The van der Waals surface area contributed by atoms with E-state index in [0.29, 0.717) is 6.61 Å². The third-order valence-electron chi connectivity index (χ3n) is 3.01. The Kier molecular flexibility index (Phi) is 3.89. The topological polar surface area (TPSA) is 21.3 Å². The molecule has 0 bridgehead atoms. The largest absolute Gasteiger partial charge is 0.297 e. The minimum Gasteiger partial charge on any atom is -0.297 e. The highest BCUT2D eigenvalue weighted by Gasteiger charge is 2.02. The Hall–Kier alpha value is -1.68. The molecular formula is C16H15NOS. The monoisotopic (exact) mass is 269 g/mol. The zero-order valence-corrected chi connectivity index (χ0v) is 11.3. The highest BCUT2D eigenvalue weighted by molar-refractivity contribution is 7.17. The van der Waals surface area contributed by atoms with E-state index < -0.39 is 0 Å². The van der Waals surface area contributed by atoms with Crippen molar-refractivity contribution in [2.45, 2.75) is 13.2 Å². The minimum atomic E-state index is 0.586. The number of rotatable bonds is 5. The molecule has 0 saturated heterocycles. The van der Waals surface area contributed by atoms with Gasteiger partial charge in [-0.15, -0.1) is 11.3 Å². The van der Waals surface area contributed by atoms with Gasteiger partial charge in [-0.3, -0.25) is 4.84 Å². The molecule has 3 rings (SSSR count). The Morgan fingerprint density at radius 2 is 1.74 bits per heavy atom. The first kappa shape index (κ1) is 12.4. The fourth-order valence-corrected chi connectivity index (χ4v) is 2.97. The van der Waals surface area contributed by atoms with Gasteiger partial charge in [0.1, 0.15) is 0 Å². The molecule has 0 amide bonds. The van der Waals surface area contributed by atoms with Gasteiger partial charge in [0, 0.05) is 11.2 Å². The molecule has 96 valence electrons. The summed E-state index contributed by atoms with van der Waals surface area (Å²) in [5.74, 6) is 0. The summed E-state index contributed by atoms with van der Waals surface area (Å²) in [6.07, 6.45) is 0. The average molecular weight is 269 g/mol. The molecule has 1 heterocycles. The molecule has 3 aromatic rings. The molecule has 0 aliphatic heterocycles. The summed E-state index contributed by atoms with van der Waals surface area (Å²) in [4.78, 5) is 5.50. The molecule has 0 aliphatic rings. The van der Waals surface area contributed by atoms with Crippen LogP contribution in [0.1, 0.15) is 11.1 Å². The summed E-state index contributed by atoms with van der Waals surface area (Å²) >= 11 is 1.77. The van der Waals surface area contributed by atoms with E-state index in [-0.39, 0.29) is 0 Å². The maximum Gasteiger partial charge on any atom is 0.0933 e. The standard InChI is InChI=1S/C16H15NOS/c1-2-6-13(7-3-1)11-18-17-10-14-12-19-16-9-5-4-8-15(14)16/h1-9,12,17H,10-11H2. The van der Waals surface area contributed by atoms with Crippen molar-refractivity contribution in [3.63, 3.8) is 0 Å². The number of fused-ring (bicyclic) bond motifs is 1. The van der Waals surface area contributed by atoms with Crippen molar-refractivity contribution < 1.29 is 4.84 Å². The summed E-state index contributed by atoms with van der Waals surface area (Å²) < 4.78 is 1.32. The molecule has 0 radical (unpaired) electrons. The Morgan fingerprint density at radius 3 is 2.63 bits per heavy atom. The third kappa shape index (κ3) is 3.01. The predicted molar refractivity (Wildman–Crippen MR) is 79.9 cm³/mol. The SMILES string of the molecule is c1ccc(CONCc2csc3ccccc23)cc1. The second kappa shape index (κ2) is 5.97. The van der Waals surface area contributed by atoms with Crippen molar-refractivity contribution >= 4 is 21.4 Å². The smallest absolute Gasteiger partial charge is 0.0933 e. The fraction of sp³-hybridized carbons (Fsp3) is 0.125. The number of benzene rings is 2. The molecule has 19 heavy (non-hydrogen) atoms. The molecule has 0 saturated carbocycles. The van der Waals surface area contributed by atoms with Gasteiger partial charge in [-0.05, 0) is 28.0 Å². The van der Waals surface area contributed by atoms with Gasteiger partial charge in [0.2, 0.25) is 0 Å². The molecule has 2 nitrogen and oxygen atoms in total. The van der Waals surface area contributed by atoms with Gasteiger partial charge in [-0.1, -0.05) is 48.5 Å². The predicted octanol–water partition coefficient (Wildman–Crippen LogP) is 4.12. The van der Waals surface area contributed by atoms with E-state index >= 15 is 0 Å². The Balaban J connectivity index is 1.55. The molecule has 2 aromatic carbocycles. The number of hydroxylamine groups is 1. The summed E-state index contributed by atoms with van der Waals surface area (Å²) in [6, 6.07) is 18.6. The lowest BCUT2D eigenvalue weighted by molar-refractivity contribution is 0.0238. The molecule has 3 heteroatoms. The van der Waals surface area contributed by atoms with Crippen molar-refractivity contribution in [3.05, 3.63) is 71.1 Å². The fourth-order valence-electron chi connectivity index (χ4n) is 2.01. The van der Waals surface area contributed by atoms with Crippen LogP contribution < -0.4 is 5.48 Å². The lowest BCUT2D eigenvalue weighted by Gasteiger charge is -2.05. The number of thiophene rings is 1. The molecule has 0 fully saturated rings. The normalized spacial score (nSPS) is 10.9. The maximum absolute atomic E-state index is 5.50. The van der Waals surface area contributed by atoms with Gasteiger partial charge >= 0.3 is 0 Å². The zero-order valence-electron chi connectivity index (χ0n) is 10.5. The van der Waals surface area contributed by atoms with Crippen LogP contribution in [0.3, 0.4) is 0 Å². The first-order valence-electron chi connectivity index (χ1n) is 6.27. The lowest BCUT2D eigenvalue weighted by Crippen LogP contribution is -2.13. The first-order valence-corrected chi connectivity index (χ1v) is 7.15. The van der Waals surface area contributed by atoms with Gasteiger partial charge in [-0.2, -0.15) is 5.48 Å². The highest BCUT2D eigenvalue weighted by Crippen LogP contribution is 2.25. The average Bonchev–Trinajstić information content (AvgIpc) is 2.88. The Bertz CT molecular complexity index is 648. The van der Waals surface area contributed by atoms with Crippen LogP contribution in [-0.4, -0.2) is 0 Å².